The minimum Gasteiger partial charge on any atom is -0.481 e. The van der Waals surface area contributed by atoms with Gasteiger partial charge in [-0.3, -0.25) is 9.59 Å². The van der Waals surface area contributed by atoms with Crippen LogP contribution < -0.4 is 5.32 Å². The van der Waals surface area contributed by atoms with Crippen LogP contribution in [0.1, 0.15) is 36.0 Å². The Kier molecular flexibility index (Phi) is 5.73. The molecule has 1 saturated carbocycles. The molecule has 0 bridgehead atoms. The van der Waals surface area contributed by atoms with E-state index >= 15 is 0 Å². The predicted octanol–water partition coefficient (Wildman–Crippen LogP) is 3.97. The molecule has 0 heterocycles. The van der Waals surface area contributed by atoms with Crippen molar-refractivity contribution in [1.29, 1.82) is 0 Å². The molecule has 2 rings (SSSR count). The Morgan fingerprint density at radius 1 is 1.24 bits per heavy atom. The predicted molar refractivity (Wildman–Crippen MR) is 90.0 cm³/mol. The van der Waals surface area contributed by atoms with Gasteiger partial charge in [-0.25, -0.2) is 0 Å². The molecule has 0 radical (unpaired) electrons. The molecule has 0 aromatic heterocycles. The molecule has 1 aromatic rings. The van der Waals surface area contributed by atoms with E-state index < -0.39 is 11.9 Å². The lowest BCUT2D eigenvalue weighted by Crippen LogP contribution is -2.45. The quantitative estimate of drug-likeness (QED) is 0.550. The van der Waals surface area contributed by atoms with Crippen LogP contribution in [-0.2, 0) is 4.79 Å². The lowest BCUT2D eigenvalue weighted by atomic mass is 9.84. The lowest BCUT2D eigenvalue weighted by molar-refractivity contribution is -0.143. The Morgan fingerprint density at radius 2 is 1.90 bits per heavy atom. The number of carbonyl (C=O) groups is 2. The second kappa shape index (κ2) is 7.15. The zero-order valence-electron chi connectivity index (χ0n) is 11.0. The first-order valence-electron chi connectivity index (χ1n) is 6.58. The van der Waals surface area contributed by atoms with Gasteiger partial charge >= 0.3 is 5.97 Å². The molecule has 1 amide bonds. The van der Waals surface area contributed by atoms with Gasteiger partial charge in [0.15, 0.2) is 0 Å². The van der Waals surface area contributed by atoms with Crippen molar-refractivity contribution in [2.75, 3.05) is 0 Å². The van der Waals surface area contributed by atoms with Crippen LogP contribution in [0.3, 0.4) is 0 Å². The molecule has 0 spiro atoms. The largest absolute Gasteiger partial charge is 0.481 e. The number of carboxylic acids is 1. The summed E-state index contributed by atoms with van der Waals surface area (Å²) >= 11 is 13.9. The van der Waals surface area contributed by atoms with Crippen molar-refractivity contribution in [2.45, 2.75) is 31.7 Å². The number of aliphatic carboxylic acids is 1. The van der Waals surface area contributed by atoms with Gasteiger partial charge in [0.25, 0.3) is 5.91 Å². The summed E-state index contributed by atoms with van der Waals surface area (Å²) in [4.78, 5) is 23.6. The maximum atomic E-state index is 12.4. The van der Waals surface area contributed by atoms with Gasteiger partial charge in [-0.05, 0) is 47.6 Å². The van der Waals surface area contributed by atoms with Crippen LogP contribution in [-0.4, -0.2) is 23.0 Å². The molecule has 1 fully saturated rings. The van der Waals surface area contributed by atoms with E-state index in [1.54, 1.807) is 12.1 Å². The van der Waals surface area contributed by atoms with E-state index in [9.17, 15) is 14.7 Å². The van der Waals surface area contributed by atoms with Crippen molar-refractivity contribution in [3.05, 3.63) is 31.3 Å². The number of nitrogens with one attached hydrogen (secondary N) is 1. The van der Waals surface area contributed by atoms with E-state index in [0.29, 0.717) is 32.0 Å². The van der Waals surface area contributed by atoms with Gasteiger partial charge in [0.2, 0.25) is 0 Å². The van der Waals surface area contributed by atoms with E-state index in [2.05, 4.69) is 5.32 Å². The molecule has 1 aliphatic rings. The SMILES string of the molecule is O=C(NC1CCCCC1C(=O)O)c1cc(Cl)cc(Cl)c1I. The molecule has 0 saturated heterocycles. The molecule has 4 nitrogen and oxygen atoms in total. The van der Waals surface area contributed by atoms with Crippen molar-refractivity contribution in [3.63, 3.8) is 0 Å². The van der Waals surface area contributed by atoms with E-state index in [1.165, 1.54) is 0 Å². The van der Waals surface area contributed by atoms with Crippen molar-refractivity contribution in [2.24, 2.45) is 5.92 Å². The molecule has 1 aromatic carbocycles. The van der Waals surface area contributed by atoms with Crippen LogP contribution >= 0.6 is 45.8 Å². The van der Waals surface area contributed by atoms with Crippen LogP contribution in [0.5, 0.6) is 0 Å². The molecule has 0 aliphatic heterocycles. The Balaban J connectivity index is 2.19. The third-order valence-corrected chi connectivity index (χ3v) is 5.63. The Morgan fingerprint density at radius 3 is 2.57 bits per heavy atom. The number of hydrogen-bond donors (Lipinski definition) is 2. The zero-order chi connectivity index (χ0) is 15.6. The molecule has 2 atom stereocenters. The fourth-order valence-corrected chi connectivity index (χ4v) is 3.62. The van der Waals surface area contributed by atoms with E-state index in [1.807, 2.05) is 22.6 Å². The second-order valence-electron chi connectivity index (χ2n) is 5.06. The fraction of sp³-hybridized carbons (Fsp3) is 0.429. The summed E-state index contributed by atoms with van der Waals surface area (Å²) in [6.07, 6.45) is 3.06. The molecule has 21 heavy (non-hydrogen) atoms. The Bertz CT molecular complexity index is 580. The van der Waals surface area contributed by atoms with Gasteiger partial charge in [-0.1, -0.05) is 36.0 Å². The summed E-state index contributed by atoms with van der Waals surface area (Å²) in [6, 6.07) is 2.77. The standard InChI is InChI=1S/C14H14Cl2INO3/c15-7-5-9(12(17)10(16)6-7)13(19)18-11-4-2-1-3-8(11)14(20)21/h5-6,8,11H,1-4H2,(H,18,19)(H,20,21). The third kappa shape index (κ3) is 4.02. The van der Waals surface area contributed by atoms with Crippen LogP contribution in [0, 0.1) is 9.49 Å². The first kappa shape index (κ1) is 16.8. The van der Waals surface area contributed by atoms with Crippen molar-refractivity contribution in [3.8, 4) is 0 Å². The van der Waals surface area contributed by atoms with Crippen LogP contribution in [0.4, 0.5) is 0 Å². The third-order valence-electron chi connectivity index (χ3n) is 3.64. The average molecular weight is 442 g/mol. The minimum atomic E-state index is -0.862. The van der Waals surface area contributed by atoms with Gasteiger partial charge in [-0.15, -0.1) is 0 Å². The van der Waals surface area contributed by atoms with Crippen molar-refractivity contribution >= 4 is 57.7 Å². The fourth-order valence-electron chi connectivity index (χ4n) is 2.57. The summed E-state index contributed by atoms with van der Waals surface area (Å²) in [5.41, 5.74) is 0.378. The maximum absolute atomic E-state index is 12.4. The van der Waals surface area contributed by atoms with Crippen LogP contribution in [0.2, 0.25) is 10.0 Å². The maximum Gasteiger partial charge on any atom is 0.308 e. The van der Waals surface area contributed by atoms with Gasteiger partial charge in [-0.2, -0.15) is 0 Å². The summed E-state index contributed by atoms with van der Waals surface area (Å²) < 4.78 is 0.610. The van der Waals surface area contributed by atoms with E-state index in [0.717, 1.165) is 12.8 Å². The number of halogens is 3. The van der Waals surface area contributed by atoms with Gasteiger partial charge in [0.05, 0.1) is 16.5 Å². The molecule has 2 unspecified atom stereocenters. The second-order valence-corrected chi connectivity index (χ2v) is 6.98. The van der Waals surface area contributed by atoms with Gasteiger partial charge in [0.1, 0.15) is 0 Å². The van der Waals surface area contributed by atoms with Crippen molar-refractivity contribution < 1.29 is 14.7 Å². The van der Waals surface area contributed by atoms with E-state index in [4.69, 9.17) is 23.2 Å². The average Bonchev–Trinajstić information content (AvgIpc) is 2.43. The molecule has 114 valence electrons. The summed E-state index contributed by atoms with van der Waals surface area (Å²) in [7, 11) is 0. The Hall–Kier alpha value is -0.530. The topological polar surface area (TPSA) is 66.4 Å². The normalized spacial score (nSPS) is 21.9. The highest BCUT2D eigenvalue weighted by molar-refractivity contribution is 14.1. The zero-order valence-corrected chi connectivity index (χ0v) is 14.7. The lowest BCUT2D eigenvalue weighted by Gasteiger charge is -2.29. The van der Waals surface area contributed by atoms with E-state index in [-0.39, 0.29) is 11.9 Å². The van der Waals surface area contributed by atoms with Crippen LogP contribution in [0.15, 0.2) is 12.1 Å². The molecule has 2 N–H and O–H groups in total. The Labute approximate surface area is 146 Å². The summed E-state index contributed by atoms with van der Waals surface area (Å²) in [5, 5.41) is 12.8. The monoisotopic (exact) mass is 441 g/mol. The highest BCUT2D eigenvalue weighted by Gasteiger charge is 2.32. The number of carbonyl (C=O) groups excluding carboxylic acids is 1. The molecular formula is C14H14Cl2INO3. The van der Waals surface area contributed by atoms with Crippen molar-refractivity contribution in [1.82, 2.24) is 5.32 Å². The first-order chi connectivity index (χ1) is 9.90. The highest BCUT2D eigenvalue weighted by atomic mass is 127. The summed E-state index contributed by atoms with van der Waals surface area (Å²) in [5.74, 6) is -1.73. The molecule has 7 heteroatoms. The van der Waals surface area contributed by atoms with Gasteiger partial charge < -0.3 is 10.4 Å². The number of amides is 1. The number of rotatable bonds is 3. The van der Waals surface area contributed by atoms with Gasteiger partial charge in [0, 0.05) is 14.6 Å². The number of carboxylic acid groups (broad SMARTS) is 1. The minimum absolute atomic E-state index is 0.332. The number of hydrogen-bond acceptors (Lipinski definition) is 2. The number of benzene rings is 1. The van der Waals surface area contributed by atoms with Crippen LogP contribution in [0.25, 0.3) is 0 Å². The summed E-state index contributed by atoms with van der Waals surface area (Å²) in [6.45, 7) is 0. The first-order valence-corrected chi connectivity index (χ1v) is 8.42. The smallest absolute Gasteiger partial charge is 0.308 e. The molecule has 1 aliphatic carbocycles. The molecular weight excluding hydrogens is 428 g/mol. The highest BCUT2D eigenvalue weighted by Crippen LogP contribution is 2.28.